The Labute approximate surface area is 106 Å². The number of hydrogen-bond acceptors (Lipinski definition) is 2. The molecular formula is C15H29NO. The Balaban J connectivity index is 1.91. The third kappa shape index (κ3) is 2.85. The Hall–Kier alpha value is -0.0800. The van der Waals surface area contributed by atoms with Crippen LogP contribution in [0.5, 0.6) is 0 Å². The first-order valence-corrected chi connectivity index (χ1v) is 7.32. The van der Waals surface area contributed by atoms with E-state index in [0.717, 1.165) is 6.42 Å². The van der Waals surface area contributed by atoms with Gasteiger partial charge >= 0.3 is 0 Å². The Morgan fingerprint density at radius 1 is 1.12 bits per heavy atom. The van der Waals surface area contributed by atoms with Crippen LogP contribution in [0.4, 0.5) is 0 Å². The molecule has 1 spiro atoms. The third-order valence-electron chi connectivity index (χ3n) is 4.83. The van der Waals surface area contributed by atoms with Gasteiger partial charge in [-0.1, -0.05) is 40.0 Å². The highest BCUT2D eigenvalue weighted by Crippen LogP contribution is 2.46. The van der Waals surface area contributed by atoms with Gasteiger partial charge in [-0.15, -0.1) is 0 Å². The van der Waals surface area contributed by atoms with Crippen molar-refractivity contribution in [3.63, 3.8) is 0 Å². The number of hydrogen-bond donors (Lipinski definition) is 1. The van der Waals surface area contributed by atoms with Crippen LogP contribution >= 0.6 is 0 Å². The largest absolute Gasteiger partial charge is 0.396 e. The standard InChI is InChI=1S/C15H29NO/c1-14(2,3)13(7-10-17)16-11-15(12-16)8-5-4-6-9-15/h13,17H,4-12H2,1-3H3. The predicted molar refractivity (Wildman–Crippen MR) is 72.0 cm³/mol. The van der Waals surface area contributed by atoms with E-state index >= 15 is 0 Å². The molecule has 1 heterocycles. The Morgan fingerprint density at radius 3 is 2.18 bits per heavy atom. The van der Waals surface area contributed by atoms with Crippen LogP contribution in [-0.4, -0.2) is 35.7 Å². The Kier molecular flexibility index (Phi) is 3.84. The Bertz CT molecular complexity index is 242. The molecule has 1 unspecified atom stereocenters. The van der Waals surface area contributed by atoms with Crippen LogP contribution in [0.15, 0.2) is 0 Å². The average molecular weight is 239 g/mol. The van der Waals surface area contributed by atoms with Gasteiger partial charge < -0.3 is 5.11 Å². The molecule has 17 heavy (non-hydrogen) atoms. The zero-order chi connectivity index (χ0) is 12.5. The molecule has 1 aliphatic carbocycles. The molecule has 2 aliphatic rings. The van der Waals surface area contributed by atoms with Gasteiger partial charge in [-0.3, -0.25) is 4.90 Å². The summed E-state index contributed by atoms with van der Waals surface area (Å²) in [6.07, 6.45) is 8.14. The quantitative estimate of drug-likeness (QED) is 0.818. The number of aliphatic hydroxyl groups is 1. The molecule has 2 rings (SSSR count). The molecule has 2 nitrogen and oxygen atoms in total. The topological polar surface area (TPSA) is 23.5 Å². The van der Waals surface area contributed by atoms with E-state index in [2.05, 4.69) is 25.7 Å². The fourth-order valence-corrected chi connectivity index (χ4v) is 3.94. The van der Waals surface area contributed by atoms with E-state index in [9.17, 15) is 5.11 Å². The Morgan fingerprint density at radius 2 is 1.71 bits per heavy atom. The summed E-state index contributed by atoms with van der Waals surface area (Å²) in [6, 6.07) is 0.556. The van der Waals surface area contributed by atoms with E-state index in [4.69, 9.17) is 0 Å². The van der Waals surface area contributed by atoms with E-state index in [1.165, 1.54) is 45.2 Å². The maximum absolute atomic E-state index is 9.24. The molecule has 100 valence electrons. The zero-order valence-electron chi connectivity index (χ0n) is 11.8. The van der Waals surface area contributed by atoms with Gasteiger partial charge in [0, 0.05) is 25.7 Å². The van der Waals surface area contributed by atoms with Crippen LogP contribution in [0, 0.1) is 10.8 Å². The lowest BCUT2D eigenvalue weighted by Crippen LogP contribution is -2.63. The minimum Gasteiger partial charge on any atom is -0.396 e. The van der Waals surface area contributed by atoms with Crippen molar-refractivity contribution in [2.75, 3.05) is 19.7 Å². The number of rotatable bonds is 3. The number of aliphatic hydroxyl groups excluding tert-OH is 1. The molecule has 0 radical (unpaired) electrons. The molecule has 0 aromatic rings. The maximum Gasteiger partial charge on any atom is 0.0446 e. The first kappa shape index (κ1) is 13.4. The lowest BCUT2D eigenvalue weighted by atomic mass is 9.66. The van der Waals surface area contributed by atoms with Crippen molar-refractivity contribution in [3.05, 3.63) is 0 Å². The number of likely N-dealkylation sites (tertiary alicyclic amines) is 1. The summed E-state index contributed by atoms with van der Waals surface area (Å²) < 4.78 is 0. The molecule has 1 N–H and O–H groups in total. The van der Waals surface area contributed by atoms with Gasteiger partial charge in [0.05, 0.1) is 0 Å². The van der Waals surface area contributed by atoms with Gasteiger partial charge in [0.25, 0.3) is 0 Å². The lowest BCUT2D eigenvalue weighted by molar-refractivity contribution is -0.0860. The SMILES string of the molecule is CC(C)(C)C(CCO)N1CC2(CCCCC2)C1. The first-order chi connectivity index (χ1) is 7.97. The third-order valence-corrected chi connectivity index (χ3v) is 4.83. The summed E-state index contributed by atoms with van der Waals surface area (Å²) in [6.45, 7) is 9.81. The predicted octanol–water partition coefficient (Wildman–Crippen LogP) is 3.05. The highest BCUT2D eigenvalue weighted by atomic mass is 16.3. The monoisotopic (exact) mass is 239 g/mol. The summed E-state index contributed by atoms with van der Waals surface area (Å²) in [5.74, 6) is 0. The van der Waals surface area contributed by atoms with Gasteiger partial charge in [0.2, 0.25) is 0 Å². The van der Waals surface area contributed by atoms with Crippen molar-refractivity contribution in [2.45, 2.75) is 65.3 Å². The minimum atomic E-state index is 0.291. The molecule has 1 saturated carbocycles. The first-order valence-electron chi connectivity index (χ1n) is 7.32. The second kappa shape index (κ2) is 4.89. The normalized spacial score (nSPS) is 26.8. The van der Waals surface area contributed by atoms with Crippen LogP contribution in [0.1, 0.15) is 59.3 Å². The smallest absolute Gasteiger partial charge is 0.0446 e. The second-order valence-electron chi connectivity index (χ2n) is 7.36. The van der Waals surface area contributed by atoms with Crippen molar-refractivity contribution < 1.29 is 5.11 Å². The van der Waals surface area contributed by atoms with E-state index in [0.29, 0.717) is 23.5 Å². The molecule has 0 bridgehead atoms. The van der Waals surface area contributed by atoms with Crippen molar-refractivity contribution in [1.82, 2.24) is 4.90 Å². The fraction of sp³-hybridized carbons (Fsp3) is 1.00. The second-order valence-corrected chi connectivity index (χ2v) is 7.36. The molecule has 0 amide bonds. The average Bonchev–Trinajstić information content (AvgIpc) is 2.22. The fourth-order valence-electron chi connectivity index (χ4n) is 3.94. The summed E-state index contributed by atoms with van der Waals surface area (Å²) in [7, 11) is 0. The van der Waals surface area contributed by atoms with Crippen LogP contribution in [0.2, 0.25) is 0 Å². The van der Waals surface area contributed by atoms with Gasteiger partial charge in [-0.25, -0.2) is 0 Å². The highest BCUT2D eigenvalue weighted by molar-refractivity contribution is 5.00. The van der Waals surface area contributed by atoms with Crippen LogP contribution in [-0.2, 0) is 0 Å². The molecule has 1 aliphatic heterocycles. The van der Waals surface area contributed by atoms with Crippen LogP contribution in [0.25, 0.3) is 0 Å². The lowest BCUT2D eigenvalue weighted by Gasteiger charge is -2.57. The number of nitrogens with zero attached hydrogens (tertiary/aromatic N) is 1. The van der Waals surface area contributed by atoms with Crippen LogP contribution in [0.3, 0.4) is 0 Å². The summed E-state index contributed by atoms with van der Waals surface area (Å²) in [4.78, 5) is 2.63. The summed E-state index contributed by atoms with van der Waals surface area (Å²) >= 11 is 0. The molecule has 0 aromatic heterocycles. The van der Waals surface area contributed by atoms with E-state index in [1.54, 1.807) is 0 Å². The van der Waals surface area contributed by atoms with E-state index < -0.39 is 0 Å². The summed E-state index contributed by atoms with van der Waals surface area (Å²) in [5.41, 5.74) is 0.955. The highest BCUT2D eigenvalue weighted by Gasteiger charge is 2.47. The van der Waals surface area contributed by atoms with Crippen molar-refractivity contribution >= 4 is 0 Å². The van der Waals surface area contributed by atoms with E-state index in [-0.39, 0.29) is 0 Å². The minimum absolute atomic E-state index is 0.291. The van der Waals surface area contributed by atoms with Crippen LogP contribution < -0.4 is 0 Å². The molecule has 1 atom stereocenters. The van der Waals surface area contributed by atoms with Gasteiger partial charge in [0.1, 0.15) is 0 Å². The molecule has 2 fully saturated rings. The molecular weight excluding hydrogens is 210 g/mol. The zero-order valence-corrected chi connectivity index (χ0v) is 11.8. The van der Waals surface area contributed by atoms with E-state index in [1.807, 2.05) is 0 Å². The van der Waals surface area contributed by atoms with Gasteiger partial charge in [-0.2, -0.15) is 0 Å². The van der Waals surface area contributed by atoms with Crippen molar-refractivity contribution in [3.8, 4) is 0 Å². The van der Waals surface area contributed by atoms with Crippen molar-refractivity contribution in [1.29, 1.82) is 0 Å². The van der Waals surface area contributed by atoms with Gasteiger partial charge in [-0.05, 0) is 30.1 Å². The molecule has 2 heteroatoms. The summed E-state index contributed by atoms with van der Waals surface area (Å²) in [5, 5.41) is 9.24. The maximum atomic E-state index is 9.24. The molecule has 1 saturated heterocycles. The molecule has 0 aromatic carbocycles. The van der Waals surface area contributed by atoms with Crippen molar-refractivity contribution in [2.24, 2.45) is 10.8 Å². The van der Waals surface area contributed by atoms with Gasteiger partial charge in [0.15, 0.2) is 0 Å².